The van der Waals surface area contributed by atoms with Crippen molar-refractivity contribution in [1.29, 1.82) is 0 Å². The van der Waals surface area contributed by atoms with Crippen molar-refractivity contribution >= 4 is 79.7 Å². The van der Waals surface area contributed by atoms with Crippen molar-refractivity contribution < 1.29 is 14.3 Å². The largest absolute Gasteiger partial charge is 0.488 e. The Kier molecular flexibility index (Phi) is 7.72. The Labute approximate surface area is 218 Å². The Balaban J connectivity index is 1.54. The third kappa shape index (κ3) is 5.94. The monoisotopic (exact) mass is 581 g/mol. The van der Waals surface area contributed by atoms with Gasteiger partial charge in [0.2, 0.25) is 0 Å². The van der Waals surface area contributed by atoms with Crippen molar-refractivity contribution in [2.45, 2.75) is 13.2 Å². The van der Waals surface area contributed by atoms with E-state index in [9.17, 15) is 9.59 Å². The van der Waals surface area contributed by atoms with Crippen LogP contribution in [0.2, 0.25) is 15.1 Å². The Hall–Kier alpha value is -1.96. The van der Waals surface area contributed by atoms with E-state index in [0.29, 0.717) is 31.3 Å². The lowest BCUT2D eigenvalue weighted by molar-refractivity contribution is -0.123. The number of ether oxygens (including phenoxy) is 1. The van der Waals surface area contributed by atoms with Crippen molar-refractivity contribution in [3.8, 4) is 5.75 Å². The van der Waals surface area contributed by atoms with Crippen LogP contribution in [0, 0.1) is 0 Å². The van der Waals surface area contributed by atoms with Crippen molar-refractivity contribution in [3.63, 3.8) is 0 Å². The lowest BCUT2D eigenvalue weighted by atomic mass is 10.1. The van der Waals surface area contributed by atoms with Gasteiger partial charge in [0.15, 0.2) is 0 Å². The van der Waals surface area contributed by atoms with E-state index >= 15 is 0 Å². The van der Waals surface area contributed by atoms with Crippen LogP contribution in [0.4, 0.5) is 4.79 Å². The van der Waals surface area contributed by atoms with Crippen molar-refractivity contribution in [2.24, 2.45) is 0 Å². The van der Waals surface area contributed by atoms with Gasteiger partial charge in [0.05, 0.1) is 21.5 Å². The molecule has 2 amide bonds. The SMILES string of the molecule is O=C1S/C(=C\c2cc(Br)ccc2OCc2ccc(Cl)c(Cl)c2)C(=O)N1Cc1ccc(Cl)cc1. The summed E-state index contributed by atoms with van der Waals surface area (Å²) in [6.45, 7) is 0.440. The van der Waals surface area contributed by atoms with Gasteiger partial charge in [-0.1, -0.05) is 68.9 Å². The highest BCUT2D eigenvalue weighted by molar-refractivity contribution is 9.10. The second kappa shape index (κ2) is 10.5. The van der Waals surface area contributed by atoms with Gasteiger partial charge in [-0.05, 0) is 71.4 Å². The van der Waals surface area contributed by atoms with Crippen molar-refractivity contribution in [3.05, 3.63) is 102 Å². The van der Waals surface area contributed by atoms with Crippen LogP contribution in [0.25, 0.3) is 6.08 Å². The molecular formula is C24H15BrCl3NO3S. The third-order valence-electron chi connectivity index (χ3n) is 4.76. The molecule has 1 aliphatic rings. The molecule has 3 aromatic carbocycles. The molecule has 0 aromatic heterocycles. The summed E-state index contributed by atoms with van der Waals surface area (Å²) in [6, 6.07) is 17.8. The molecule has 1 saturated heterocycles. The first-order valence-corrected chi connectivity index (χ1v) is 12.4. The quantitative estimate of drug-likeness (QED) is 0.274. The Morgan fingerprint density at radius 3 is 2.36 bits per heavy atom. The summed E-state index contributed by atoms with van der Waals surface area (Å²) in [5.41, 5.74) is 2.33. The average molecular weight is 584 g/mol. The summed E-state index contributed by atoms with van der Waals surface area (Å²) < 4.78 is 6.80. The van der Waals surface area contributed by atoms with Crippen LogP contribution >= 0.6 is 62.5 Å². The van der Waals surface area contributed by atoms with E-state index in [1.165, 1.54) is 4.90 Å². The number of amides is 2. The Morgan fingerprint density at radius 2 is 1.64 bits per heavy atom. The van der Waals surface area contributed by atoms with Crippen LogP contribution < -0.4 is 4.74 Å². The second-order valence-electron chi connectivity index (χ2n) is 7.11. The van der Waals surface area contributed by atoms with Gasteiger partial charge in [-0.3, -0.25) is 14.5 Å². The van der Waals surface area contributed by atoms with Crippen LogP contribution in [0.5, 0.6) is 5.75 Å². The van der Waals surface area contributed by atoms with Crippen LogP contribution in [-0.4, -0.2) is 16.0 Å². The van der Waals surface area contributed by atoms with Crippen molar-refractivity contribution in [1.82, 2.24) is 4.90 Å². The molecule has 0 aliphatic carbocycles. The highest BCUT2D eigenvalue weighted by Crippen LogP contribution is 2.36. The highest BCUT2D eigenvalue weighted by atomic mass is 79.9. The molecule has 0 saturated carbocycles. The molecule has 4 nitrogen and oxygen atoms in total. The van der Waals surface area contributed by atoms with Gasteiger partial charge >= 0.3 is 0 Å². The fraction of sp³-hybridized carbons (Fsp3) is 0.0833. The molecule has 0 N–H and O–H groups in total. The van der Waals surface area contributed by atoms with Gasteiger partial charge in [-0.2, -0.15) is 0 Å². The molecule has 0 atom stereocenters. The van der Waals surface area contributed by atoms with E-state index in [1.807, 2.05) is 18.2 Å². The Morgan fingerprint density at radius 1 is 0.909 bits per heavy atom. The first kappa shape index (κ1) is 24.2. The van der Waals surface area contributed by atoms with Crippen LogP contribution in [0.15, 0.2) is 70.0 Å². The van der Waals surface area contributed by atoms with Crippen LogP contribution in [0.1, 0.15) is 16.7 Å². The maximum absolute atomic E-state index is 12.9. The second-order valence-corrected chi connectivity index (χ2v) is 10.3. The van der Waals surface area contributed by atoms with E-state index in [4.69, 9.17) is 39.5 Å². The molecule has 1 heterocycles. The molecule has 4 rings (SSSR count). The fourth-order valence-electron chi connectivity index (χ4n) is 3.10. The van der Waals surface area contributed by atoms with E-state index in [-0.39, 0.29) is 24.3 Å². The summed E-state index contributed by atoms with van der Waals surface area (Å²) in [5.74, 6) is 0.212. The maximum Gasteiger partial charge on any atom is 0.293 e. The van der Waals surface area contributed by atoms with Crippen LogP contribution in [0.3, 0.4) is 0 Å². The number of thioether (sulfide) groups is 1. The topological polar surface area (TPSA) is 46.6 Å². The van der Waals surface area contributed by atoms with Crippen LogP contribution in [-0.2, 0) is 17.9 Å². The molecule has 3 aromatic rings. The lowest BCUT2D eigenvalue weighted by Crippen LogP contribution is -2.27. The zero-order chi connectivity index (χ0) is 23.5. The smallest absolute Gasteiger partial charge is 0.293 e. The number of carbonyl (C=O) groups is 2. The molecule has 0 spiro atoms. The third-order valence-corrected chi connectivity index (χ3v) is 7.16. The molecule has 33 heavy (non-hydrogen) atoms. The van der Waals surface area contributed by atoms with Crippen molar-refractivity contribution in [2.75, 3.05) is 0 Å². The van der Waals surface area contributed by atoms with Gasteiger partial charge in [0, 0.05) is 15.1 Å². The van der Waals surface area contributed by atoms with E-state index in [1.54, 1.807) is 48.5 Å². The number of hydrogen-bond donors (Lipinski definition) is 0. The number of halogens is 4. The minimum Gasteiger partial charge on any atom is -0.488 e. The number of carbonyl (C=O) groups excluding carboxylic acids is 2. The summed E-state index contributed by atoms with van der Waals surface area (Å²) in [7, 11) is 0. The van der Waals surface area contributed by atoms with Gasteiger partial charge in [0.25, 0.3) is 11.1 Å². The van der Waals surface area contributed by atoms with E-state index in [0.717, 1.165) is 27.4 Å². The minimum absolute atomic E-state index is 0.179. The standard InChI is InChI=1S/C24H15BrCl3NO3S/c25-17-4-8-21(32-13-15-3-7-19(27)20(28)9-15)16(10-17)11-22-23(30)29(24(31)33-22)12-14-1-5-18(26)6-2-14/h1-11H,12-13H2/b22-11-. The maximum atomic E-state index is 12.9. The number of nitrogens with zero attached hydrogens (tertiary/aromatic N) is 1. The Bertz CT molecular complexity index is 1260. The predicted octanol–water partition coefficient (Wildman–Crippen LogP) is 8.22. The first-order valence-electron chi connectivity index (χ1n) is 9.66. The molecule has 0 radical (unpaired) electrons. The zero-order valence-corrected chi connectivity index (χ0v) is 21.5. The summed E-state index contributed by atoms with van der Waals surface area (Å²) in [5, 5.41) is 1.19. The van der Waals surface area contributed by atoms with Gasteiger partial charge in [-0.25, -0.2) is 0 Å². The van der Waals surface area contributed by atoms with Gasteiger partial charge in [-0.15, -0.1) is 0 Å². The summed E-state index contributed by atoms with van der Waals surface area (Å²) in [4.78, 5) is 27.0. The molecular weight excluding hydrogens is 569 g/mol. The summed E-state index contributed by atoms with van der Waals surface area (Å²) in [6.07, 6.45) is 1.67. The van der Waals surface area contributed by atoms with Gasteiger partial charge in [0.1, 0.15) is 12.4 Å². The molecule has 1 aliphatic heterocycles. The van der Waals surface area contributed by atoms with E-state index in [2.05, 4.69) is 15.9 Å². The summed E-state index contributed by atoms with van der Waals surface area (Å²) >= 11 is 22.3. The average Bonchev–Trinajstić information content (AvgIpc) is 3.04. The molecule has 9 heteroatoms. The first-order chi connectivity index (χ1) is 15.8. The molecule has 0 bridgehead atoms. The number of rotatable bonds is 6. The zero-order valence-electron chi connectivity index (χ0n) is 16.9. The predicted molar refractivity (Wildman–Crippen MR) is 138 cm³/mol. The fourth-order valence-corrected chi connectivity index (χ4v) is 4.76. The number of benzene rings is 3. The number of imide groups is 1. The minimum atomic E-state index is -0.352. The lowest BCUT2D eigenvalue weighted by Gasteiger charge is -2.13. The number of hydrogen-bond acceptors (Lipinski definition) is 4. The molecule has 1 fully saturated rings. The molecule has 0 unspecified atom stereocenters. The van der Waals surface area contributed by atoms with Gasteiger partial charge < -0.3 is 4.74 Å². The van der Waals surface area contributed by atoms with E-state index < -0.39 is 0 Å². The highest BCUT2D eigenvalue weighted by Gasteiger charge is 2.35. The normalized spacial score (nSPS) is 14.9. The molecule has 168 valence electrons.